The molecule has 0 radical (unpaired) electrons. The minimum atomic E-state index is -0.410. The molecule has 0 saturated carbocycles. The Morgan fingerprint density at radius 2 is 2.12 bits per heavy atom. The van der Waals surface area contributed by atoms with E-state index in [0.29, 0.717) is 6.61 Å². The highest BCUT2D eigenvalue weighted by atomic mass is 16.6. The number of carbonyl (C=O) groups excluding carboxylic acids is 2. The fourth-order valence-corrected chi connectivity index (χ4v) is 0.426. The van der Waals surface area contributed by atoms with Crippen LogP contribution in [0, 0.1) is 0 Å². The van der Waals surface area contributed by atoms with Gasteiger partial charge in [0.05, 0.1) is 6.61 Å². The molecule has 1 atom stereocenters. The molecule has 0 aliphatic carbocycles. The van der Waals surface area contributed by atoms with Gasteiger partial charge < -0.3 is 4.74 Å². The lowest BCUT2D eigenvalue weighted by Gasteiger charge is -1.82. The highest BCUT2D eigenvalue weighted by Gasteiger charge is 2.33. The summed E-state index contributed by atoms with van der Waals surface area (Å²) in [4.78, 5) is 20.6. The van der Waals surface area contributed by atoms with Crippen LogP contribution in [0.4, 0.5) is 0 Å². The quantitative estimate of drug-likeness (QED) is 0.360. The predicted molar refractivity (Wildman–Crippen MR) is 25.4 cm³/mol. The molecule has 1 aliphatic rings. The Morgan fingerprint density at radius 3 is 2.25 bits per heavy atom. The minimum absolute atomic E-state index is 0.396. The molecule has 0 bridgehead atoms. The van der Waals surface area contributed by atoms with Crippen LogP contribution in [0.5, 0.6) is 0 Å². The molecule has 0 spiro atoms. The molecular formula is C5H6O3. The van der Waals surface area contributed by atoms with Gasteiger partial charge in [-0.25, -0.2) is 0 Å². The largest absolute Gasteiger partial charge is 0.364 e. The first-order chi connectivity index (χ1) is 3.72. The van der Waals surface area contributed by atoms with Crippen LogP contribution in [0.1, 0.15) is 6.92 Å². The van der Waals surface area contributed by atoms with Gasteiger partial charge in [0.25, 0.3) is 0 Å². The molecule has 1 heterocycles. The molecule has 1 rings (SSSR count). The fourth-order valence-electron chi connectivity index (χ4n) is 0.426. The van der Waals surface area contributed by atoms with Crippen molar-refractivity contribution in [3.8, 4) is 0 Å². The average Bonchev–Trinajstić information content (AvgIpc) is 2.43. The van der Waals surface area contributed by atoms with E-state index in [2.05, 4.69) is 4.74 Å². The molecule has 44 valence electrons. The van der Waals surface area contributed by atoms with E-state index in [0.717, 1.165) is 0 Å². The number of epoxide rings is 1. The molecule has 0 aromatic carbocycles. The third-order valence-electron chi connectivity index (χ3n) is 0.973. The molecular weight excluding hydrogens is 108 g/mol. The van der Waals surface area contributed by atoms with E-state index in [1.807, 2.05) is 0 Å². The van der Waals surface area contributed by atoms with Gasteiger partial charge in [-0.15, -0.1) is 0 Å². The highest BCUT2D eigenvalue weighted by molar-refractivity contribution is 6.38. The van der Waals surface area contributed by atoms with Crippen molar-refractivity contribution in [2.45, 2.75) is 13.0 Å². The zero-order valence-corrected chi connectivity index (χ0v) is 4.51. The fraction of sp³-hybridized carbons (Fsp3) is 0.600. The third-order valence-corrected chi connectivity index (χ3v) is 0.973. The molecule has 3 heteroatoms. The Morgan fingerprint density at radius 1 is 1.62 bits per heavy atom. The van der Waals surface area contributed by atoms with Gasteiger partial charge in [-0.2, -0.15) is 0 Å². The van der Waals surface area contributed by atoms with E-state index in [1.165, 1.54) is 6.92 Å². The van der Waals surface area contributed by atoms with Crippen LogP contribution in [-0.4, -0.2) is 24.3 Å². The van der Waals surface area contributed by atoms with Gasteiger partial charge >= 0.3 is 0 Å². The summed E-state index contributed by atoms with van der Waals surface area (Å²) >= 11 is 0. The minimum Gasteiger partial charge on any atom is -0.364 e. The van der Waals surface area contributed by atoms with Crippen LogP contribution in [0.25, 0.3) is 0 Å². The Hall–Kier alpha value is -0.700. The van der Waals surface area contributed by atoms with Crippen molar-refractivity contribution in [2.75, 3.05) is 6.61 Å². The summed E-state index contributed by atoms with van der Waals surface area (Å²) in [7, 11) is 0. The lowest BCUT2D eigenvalue weighted by Crippen LogP contribution is -2.15. The van der Waals surface area contributed by atoms with Gasteiger partial charge in [-0.05, 0) is 0 Å². The van der Waals surface area contributed by atoms with E-state index in [-0.39, 0.29) is 0 Å². The number of Topliss-reactive ketones (excluding diaryl/α,β-unsaturated/α-hetero) is 2. The lowest BCUT2D eigenvalue weighted by atomic mass is 10.2. The SMILES string of the molecule is CC(=O)C(=O)C1CO1. The second-order valence-corrected chi connectivity index (χ2v) is 1.74. The van der Waals surface area contributed by atoms with Gasteiger partial charge in [0.2, 0.25) is 5.78 Å². The maximum absolute atomic E-state index is 10.4. The smallest absolute Gasteiger partial charge is 0.229 e. The number of carbonyl (C=O) groups is 2. The molecule has 1 aliphatic heterocycles. The molecule has 0 aromatic rings. The summed E-state index contributed by atoms with van der Waals surface area (Å²) in [6.07, 6.45) is -0.396. The van der Waals surface area contributed by atoms with E-state index in [4.69, 9.17) is 0 Å². The van der Waals surface area contributed by atoms with Crippen molar-refractivity contribution in [1.82, 2.24) is 0 Å². The van der Waals surface area contributed by atoms with E-state index in [1.54, 1.807) is 0 Å². The Bertz CT molecular complexity index is 135. The summed E-state index contributed by atoms with van der Waals surface area (Å²) < 4.78 is 4.56. The molecule has 0 amide bonds. The zero-order chi connectivity index (χ0) is 6.15. The van der Waals surface area contributed by atoms with Crippen LogP contribution in [-0.2, 0) is 14.3 Å². The van der Waals surface area contributed by atoms with Crippen LogP contribution >= 0.6 is 0 Å². The van der Waals surface area contributed by atoms with E-state index in [9.17, 15) is 9.59 Å². The van der Waals surface area contributed by atoms with Crippen LogP contribution in [0.15, 0.2) is 0 Å². The monoisotopic (exact) mass is 114 g/mol. The van der Waals surface area contributed by atoms with Crippen molar-refractivity contribution in [2.24, 2.45) is 0 Å². The number of hydrogen-bond donors (Lipinski definition) is 0. The Labute approximate surface area is 46.6 Å². The van der Waals surface area contributed by atoms with Crippen molar-refractivity contribution in [3.05, 3.63) is 0 Å². The zero-order valence-electron chi connectivity index (χ0n) is 4.51. The Kier molecular flexibility index (Phi) is 1.13. The molecule has 1 fully saturated rings. The highest BCUT2D eigenvalue weighted by Crippen LogP contribution is 2.09. The molecule has 8 heavy (non-hydrogen) atoms. The first kappa shape index (κ1) is 5.44. The van der Waals surface area contributed by atoms with Crippen LogP contribution in [0.3, 0.4) is 0 Å². The van der Waals surface area contributed by atoms with Gasteiger partial charge in [0.15, 0.2) is 5.78 Å². The summed E-state index contributed by atoms with van der Waals surface area (Å²) in [5.41, 5.74) is 0. The summed E-state index contributed by atoms with van der Waals surface area (Å²) in [6.45, 7) is 1.68. The van der Waals surface area contributed by atoms with Crippen LogP contribution < -0.4 is 0 Å². The average molecular weight is 114 g/mol. The van der Waals surface area contributed by atoms with E-state index < -0.39 is 17.7 Å². The molecule has 1 unspecified atom stereocenters. The summed E-state index contributed by atoms with van der Waals surface area (Å²) in [6, 6.07) is 0. The number of rotatable bonds is 2. The van der Waals surface area contributed by atoms with Gasteiger partial charge in [0, 0.05) is 6.92 Å². The standard InChI is InChI=1S/C5H6O3/c1-3(6)5(7)4-2-8-4/h4H,2H2,1H3. The Balaban J connectivity index is 2.45. The predicted octanol–water partition coefficient (Wildman–Crippen LogP) is -0.457. The van der Waals surface area contributed by atoms with Crippen molar-refractivity contribution < 1.29 is 14.3 Å². The van der Waals surface area contributed by atoms with Crippen molar-refractivity contribution in [3.63, 3.8) is 0 Å². The lowest BCUT2D eigenvalue weighted by molar-refractivity contribution is -0.136. The maximum Gasteiger partial charge on any atom is 0.229 e. The van der Waals surface area contributed by atoms with Gasteiger partial charge in [-0.3, -0.25) is 9.59 Å². The topological polar surface area (TPSA) is 46.7 Å². The van der Waals surface area contributed by atoms with Crippen molar-refractivity contribution >= 4 is 11.6 Å². The molecule has 0 aromatic heterocycles. The van der Waals surface area contributed by atoms with E-state index >= 15 is 0 Å². The van der Waals surface area contributed by atoms with Crippen molar-refractivity contribution in [1.29, 1.82) is 0 Å². The third kappa shape index (κ3) is 0.924. The first-order valence-electron chi connectivity index (χ1n) is 2.38. The van der Waals surface area contributed by atoms with Gasteiger partial charge in [0.1, 0.15) is 6.10 Å². The molecule has 0 N–H and O–H groups in total. The number of ether oxygens (including phenoxy) is 1. The molecule has 3 nitrogen and oxygen atoms in total. The molecule has 1 saturated heterocycles. The number of hydrogen-bond acceptors (Lipinski definition) is 3. The maximum atomic E-state index is 10.4. The van der Waals surface area contributed by atoms with Crippen LogP contribution in [0.2, 0.25) is 0 Å². The first-order valence-corrected chi connectivity index (χ1v) is 2.38. The summed E-state index contributed by atoms with van der Waals surface area (Å²) in [5.74, 6) is -0.808. The second kappa shape index (κ2) is 1.67. The van der Waals surface area contributed by atoms with Gasteiger partial charge in [-0.1, -0.05) is 0 Å². The second-order valence-electron chi connectivity index (χ2n) is 1.74. The summed E-state index contributed by atoms with van der Waals surface area (Å²) in [5, 5.41) is 0. The number of ketones is 2. The normalized spacial score (nSPS) is 24.9.